The van der Waals surface area contributed by atoms with Crippen molar-refractivity contribution in [1.29, 1.82) is 0 Å². The minimum atomic E-state index is 0.532. The molecule has 3 aromatic rings. The van der Waals surface area contributed by atoms with E-state index in [4.69, 9.17) is 4.42 Å². The fourth-order valence-electron chi connectivity index (χ4n) is 2.03. The Labute approximate surface area is 111 Å². The molecule has 0 spiro atoms. The first-order valence-electron chi connectivity index (χ1n) is 6.25. The number of benzene rings is 1. The van der Waals surface area contributed by atoms with Gasteiger partial charge >= 0.3 is 0 Å². The van der Waals surface area contributed by atoms with Gasteiger partial charge in [0.25, 0.3) is 6.01 Å². The number of fused-ring (bicyclic) bond motifs is 1. The number of anilines is 1. The van der Waals surface area contributed by atoms with Crippen LogP contribution in [0.2, 0.25) is 0 Å². The van der Waals surface area contributed by atoms with Crippen molar-refractivity contribution in [3.63, 3.8) is 0 Å². The number of nitrogens with zero attached hydrogens (tertiary/aromatic N) is 2. The van der Waals surface area contributed by atoms with Gasteiger partial charge in [-0.15, -0.1) is 0 Å². The van der Waals surface area contributed by atoms with E-state index in [1.807, 2.05) is 39.0 Å². The van der Waals surface area contributed by atoms with E-state index in [0.717, 1.165) is 28.1 Å². The number of aromatic nitrogens is 3. The van der Waals surface area contributed by atoms with Gasteiger partial charge < -0.3 is 9.73 Å². The van der Waals surface area contributed by atoms with Gasteiger partial charge in [-0.25, -0.2) is 0 Å². The molecule has 19 heavy (non-hydrogen) atoms. The highest BCUT2D eigenvalue weighted by Gasteiger charge is 2.09. The third kappa shape index (κ3) is 2.07. The summed E-state index contributed by atoms with van der Waals surface area (Å²) >= 11 is 0. The number of nitrogens with one attached hydrogen (secondary N) is 2. The summed E-state index contributed by atoms with van der Waals surface area (Å²) in [7, 11) is 0. The molecule has 1 aromatic carbocycles. The lowest BCUT2D eigenvalue weighted by Crippen LogP contribution is -2.01. The van der Waals surface area contributed by atoms with E-state index in [2.05, 4.69) is 20.5 Å². The van der Waals surface area contributed by atoms with Crippen molar-refractivity contribution in [3.8, 4) is 0 Å². The lowest BCUT2D eigenvalue weighted by atomic mass is 10.2. The predicted molar refractivity (Wildman–Crippen MR) is 74.1 cm³/mol. The Morgan fingerprint density at radius 1 is 1.26 bits per heavy atom. The van der Waals surface area contributed by atoms with Crippen LogP contribution in [0.5, 0.6) is 0 Å². The summed E-state index contributed by atoms with van der Waals surface area (Å²) in [5, 5.41) is 10.4. The standard InChI is InChI=1S/C14H16N4O/c1-8-5-4-6-11-13(8)19-14(16-11)15-7-12-9(2)10(3)17-18-12/h4-6H,7H2,1-3H3,(H,15,16)(H,17,18). The van der Waals surface area contributed by atoms with Gasteiger partial charge in [-0.1, -0.05) is 12.1 Å². The first-order valence-corrected chi connectivity index (χ1v) is 6.25. The molecule has 2 heterocycles. The summed E-state index contributed by atoms with van der Waals surface area (Å²) in [5.74, 6) is 0. The van der Waals surface area contributed by atoms with E-state index >= 15 is 0 Å². The zero-order chi connectivity index (χ0) is 13.4. The predicted octanol–water partition coefficient (Wildman–Crippen LogP) is 3.09. The number of oxazole rings is 1. The fraction of sp³-hybridized carbons (Fsp3) is 0.286. The molecule has 2 N–H and O–H groups in total. The molecule has 5 heteroatoms. The second-order valence-electron chi connectivity index (χ2n) is 4.72. The van der Waals surface area contributed by atoms with E-state index in [-0.39, 0.29) is 0 Å². The molecule has 98 valence electrons. The fourth-order valence-corrected chi connectivity index (χ4v) is 2.03. The number of para-hydroxylation sites is 1. The van der Waals surface area contributed by atoms with E-state index in [1.165, 1.54) is 5.56 Å². The van der Waals surface area contributed by atoms with Crippen LogP contribution in [0, 0.1) is 20.8 Å². The minimum absolute atomic E-state index is 0.532. The largest absolute Gasteiger partial charge is 0.423 e. The van der Waals surface area contributed by atoms with E-state index in [1.54, 1.807) is 0 Å². The maximum absolute atomic E-state index is 5.71. The Bertz CT molecular complexity index is 726. The summed E-state index contributed by atoms with van der Waals surface area (Å²) in [6.45, 7) is 6.67. The van der Waals surface area contributed by atoms with Gasteiger partial charge in [0.1, 0.15) is 5.52 Å². The summed E-state index contributed by atoms with van der Waals surface area (Å²) in [6.07, 6.45) is 0. The molecule has 0 saturated carbocycles. The average Bonchev–Trinajstić information content (AvgIpc) is 2.94. The number of hydrogen-bond acceptors (Lipinski definition) is 4. The smallest absolute Gasteiger partial charge is 0.296 e. The van der Waals surface area contributed by atoms with Crippen molar-refractivity contribution in [1.82, 2.24) is 15.2 Å². The van der Waals surface area contributed by atoms with Crippen LogP contribution in [0.4, 0.5) is 6.01 Å². The molecule has 0 bridgehead atoms. The molecule has 0 aliphatic rings. The molecule has 0 aliphatic carbocycles. The molecule has 5 nitrogen and oxygen atoms in total. The van der Waals surface area contributed by atoms with Crippen molar-refractivity contribution in [2.75, 3.05) is 5.32 Å². The van der Waals surface area contributed by atoms with Gasteiger partial charge in [0.05, 0.1) is 12.2 Å². The monoisotopic (exact) mass is 256 g/mol. The summed E-state index contributed by atoms with van der Waals surface area (Å²) in [6, 6.07) is 6.47. The second-order valence-corrected chi connectivity index (χ2v) is 4.72. The topological polar surface area (TPSA) is 66.7 Å². The van der Waals surface area contributed by atoms with Crippen LogP contribution in [0.3, 0.4) is 0 Å². The highest BCUT2D eigenvalue weighted by atomic mass is 16.4. The molecule has 3 rings (SSSR count). The van der Waals surface area contributed by atoms with Crippen LogP contribution in [-0.4, -0.2) is 15.2 Å². The van der Waals surface area contributed by atoms with Crippen molar-refractivity contribution in [2.24, 2.45) is 0 Å². The van der Waals surface area contributed by atoms with Crippen molar-refractivity contribution >= 4 is 17.1 Å². The van der Waals surface area contributed by atoms with Crippen molar-refractivity contribution in [2.45, 2.75) is 27.3 Å². The molecular formula is C14H16N4O. The maximum Gasteiger partial charge on any atom is 0.296 e. The maximum atomic E-state index is 5.71. The quantitative estimate of drug-likeness (QED) is 0.755. The molecule has 0 atom stereocenters. The molecule has 0 aliphatic heterocycles. The van der Waals surface area contributed by atoms with Crippen LogP contribution in [-0.2, 0) is 6.54 Å². The highest BCUT2D eigenvalue weighted by Crippen LogP contribution is 2.22. The van der Waals surface area contributed by atoms with Gasteiger partial charge in [0.15, 0.2) is 5.58 Å². The van der Waals surface area contributed by atoms with E-state index in [0.29, 0.717) is 12.6 Å². The van der Waals surface area contributed by atoms with Crippen LogP contribution in [0.15, 0.2) is 22.6 Å². The molecule has 2 aromatic heterocycles. The lowest BCUT2D eigenvalue weighted by Gasteiger charge is -1.99. The van der Waals surface area contributed by atoms with Gasteiger partial charge in [0.2, 0.25) is 0 Å². The van der Waals surface area contributed by atoms with Crippen molar-refractivity contribution < 1.29 is 4.42 Å². The second kappa shape index (κ2) is 4.42. The summed E-state index contributed by atoms with van der Waals surface area (Å²) in [4.78, 5) is 4.41. The Kier molecular flexibility index (Phi) is 2.74. The number of aryl methyl sites for hydroxylation is 2. The third-order valence-electron chi connectivity index (χ3n) is 3.37. The van der Waals surface area contributed by atoms with Crippen molar-refractivity contribution in [3.05, 3.63) is 40.7 Å². The van der Waals surface area contributed by atoms with Crippen LogP contribution >= 0.6 is 0 Å². The Hall–Kier alpha value is -2.30. The lowest BCUT2D eigenvalue weighted by molar-refractivity contribution is 0.611. The Balaban J connectivity index is 1.82. The van der Waals surface area contributed by atoms with Crippen LogP contribution in [0.25, 0.3) is 11.1 Å². The minimum Gasteiger partial charge on any atom is -0.423 e. The van der Waals surface area contributed by atoms with Gasteiger partial charge in [-0.3, -0.25) is 5.10 Å². The Morgan fingerprint density at radius 3 is 2.79 bits per heavy atom. The molecule has 0 saturated heterocycles. The van der Waals surface area contributed by atoms with Crippen LogP contribution < -0.4 is 5.32 Å². The normalized spacial score (nSPS) is 11.1. The number of aromatic amines is 1. The highest BCUT2D eigenvalue weighted by molar-refractivity contribution is 5.77. The summed E-state index contributed by atoms with van der Waals surface area (Å²) in [5.41, 5.74) is 6.03. The van der Waals surface area contributed by atoms with Gasteiger partial charge in [0, 0.05) is 5.69 Å². The molecule has 0 amide bonds. The zero-order valence-electron chi connectivity index (χ0n) is 11.2. The molecule has 0 unspecified atom stereocenters. The molecule has 0 radical (unpaired) electrons. The molecular weight excluding hydrogens is 240 g/mol. The number of hydrogen-bond donors (Lipinski definition) is 2. The zero-order valence-corrected chi connectivity index (χ0v) is 11.2. The Morgan fingerprint density at radius 2 is 2.11 bits per heavy atom. The first kappa shape index (κ1) is 11.8. The van der Waals surface area contributed by atoms with E-state index in [9.17, 15) is 0 Å². The first-order chi connectivity index (χ1) is 9.15. The number of rotatable bonds is 3. The average molecular weight is 256 g/mol. The summed E-state index contributed by atoms with van der Waals surface area (Å²) < 4.78 is 5.71. The third-order valence-corrected chi connectivity index (χ3v) is 3.37. The van der Waals surface area contributed by atoms with E-state index < -0.39 is 0 Å². The number of H-pyrrole nitrogens is 1. The van der Waals surface area contributed by atoms with Gasteiger partial charge in [-0.05, 0) is 38.0 Å². The van der Waals surface area contributed by atoms with Crippen LogP contribution in [0.1, 0.15) is 22.5 Å². The van der Waals surface area contributed by atoms with Gasteiger partial charge in [-0.2, -0.15) is 10.1 Å². The molecule has 0 fully saturated rings. The SMILES string of the molecule is Cc1[nH]nc(CNc2nc3cccc(C)c3o2)c1C.